The molecule has 1 heterocycles. The van der Waals surface area contributed by atoms with E-state index in [0.717, 1.165) is 32.4 Å². The van der Waals surface area contributed by atoms with Gasteiger partial charge in [-0.1, -0.05) is 6.08 Å². The summed E-state index contributed by atoms with van der Waals surface area (Å²) in [5, 5.41) is 0. The minimum absolute atomic E-state index is 0.155. The molecule has 0 bridgehead atoms. The van der Waals surface area contributed by atoms with Crippen LogP contribution in [0, 0.1) is 0 Å². The highest BCUT2D eigenvalue weighted by Gasteiger charge is 2.29. The molecule has 1 aliphatic rings. The Morgan fingerprint density at radius 3 is 2.83 bits per heavy atom. The lowest BCUT2D eigenvalue weighted by Gasteiger charge is -2.24. The van der Waals surface area contributed by atoms with E-state index in [-0.39, 0.29) is 12.2 Å². The highest BCUT2D eigenvalue weighted by atomic mass is 16.6. The van der Waals surface area contributed by atoms with Crippen LogP contribution in [0.3, 0.4) is 0 Å². The molecular weight excluding hydrogens is 230 g/mol. The third kappa shape index (κ3) is 5.54. The van der Waals surface area contributed by atoms with E-state index in [2.05, 4.69) is 6.58 Å². The molecule has 1 saturated heterocycles. The molecule has 4 heteroatoms. The van der Waals surface area contributed by atoms with Gasteiger partial charge in [-0.15, -0.1) is 6.58 Å². The fourth-order valence-electron chi connectivity index (χ4n) is 1.83. The molecule has 4 nitrogen and oxygen atoms in total. The van der Waals surface area contributed by atoms with Crippen LogP contribution in [0.15, 0.2) is 12.7 Å². The van der Waals surface area contributed by atoms with Crippen molar-refractivity contribution in [1.29, 1.82) is 0 Å². The average Bonchev–Trinajstić information content (AvgIpc) is 2.71. The number of hydrogen-bond acceptors (Lipinski definition) is 3. The molecule has 1 atom stereocenters. The Morgan fingerprint density at radius 2 is 2.22 bits per heavy atom. The first-order chi connectivity index (χ1) is 8.42. The molecule has 0 saturated carbocycles. The van der Waals surface area contributed by atoms with E-state index in [1.807, 2.05) is 26.8 Å². The molecule has 0 aromatic rings. The summed E-state index contributed by atoms with van der Waals surface area (Å²) in [6.07, 6.45) is 4.68. The fourth-order valence-corrected chi connectivity index (χ4v) is 1.83. The van der Waals surface area contributed by atoms with E-state index in [1.165, 1.54) is 0 Å². The van der Waals surface area contributed by atoms with Crippen LogP contribution >= 0.6 is 0 Å². The van der Waals surface area contributed by atoms with Crippen LogP contribution in [0.1, 0.15) is 40.0 Å². The summed E-state index contributed by atoms with van der Waals surface area (Å²) < 4.78 is 11.0. The van der Waals surface area contributed by atoms with Gasteiger partial charge in [0.05, 0.1) is 12.6 Å². The van der Waals surface area contributed by atoms with Gasteiger partial charge in [-0.05, 0) is 40.0 Å². The van der Waals surface area contributed by atoms with Crippen LogP contribution in [0.5, 0.6) is 0 Å². The van der Waals surface area contributed by atoms with Crippen molar-refractivity contribution in [3.8, 4) is 0 Å². The smallest absolute Gasteiger partial charge is 0.410 e. The summed E-state index contributed by atoms with van der Waals surface area (Å²) in [5.74, 6) is 0. The van der Waals surface area contributed by atoms with Crippen molar-refractivity contribution in [3.05, 3.63) is 12.7 Å². The fraction of sp³-hybridized carbons (Fsp3) is 0.786. The first-order valence-corrected chi connectivity index (χ1v) is 6.63. The second-order valence-electron chi connectivity index (χ2n) is 5.64. The third-order valence-corrected chi connectivity index (χ3v) is 2.70. The number of ether oxygens (including phenoxy) is 2. The summed E-state index contributed by atoms with van der Waals surface area (Å²) in [4.78, 5) is 13.5. The summed E-state index contributed by atoms with van der Waals surface area (Å²) in [6, 6.07) is 0. The summed E-state index contributed by atoms with van der Waals surface area (Å²) >= 11 is 0. The van der Waals surface area contributed by atoms with E-state index >= 15 is 0 Å². The normalized spacial score (nSPS) is 19.9. The first kappa shape index (κ1) is 15.0. The van der Waals surface area contributed by atoms with E-state index in [4.69, 9.17) is 9.47 Å². The van der Waals surface area contributed by atoms with Gasteiger partial charge in [0.15, 0.2) is 0 Å². The molecule has 0 spiro atoms. The van der Waals surface area contributed by atoms with Crippen molar-refractivity contribution in [2.75, 3.05) is 19.7 Å². The molecule has 1 rings (SSSR count). The van der Waals surface area contributed by atoms with E-state index in [1.54, 1.807) is 4.90 Å². The second kappa shape index (κ2) is 6.78. The molecule has 0 N–H and O–H groups in total. The van der Waals surface area contributed by atoms with Crippen molar-refractivity contribution in [3.63, 3.8) is 0 Å². The van der Waals surface area contributed by atoms with E-state index in [9.17, 15) is 4.79 Å². The van der Waals surface area contributed by atoms with Crippen LogP contribution in [0.25, 0.3) is 0 Å². The Morgan fingerprint density at radius 1 is 1.50 bits per heavy atom. The van der Waals surface area contributed by atoms with Gasteiger partial charge < -0.3 is 14.4 Å². The Balaban J connectivity index is 2.24. The summed E-state index contributed by atoms with van der Waals surface area (Å²) in [6.45, 7) is 11.4. The minimum Gasteiger partial charge on any atom is -0.444 e. The number of likely N-dealkylation sites (tertiary alicyclic amines) is 1. The third-order valence-electron chi connectivity index (χ3n) is 2.70. The van der Waals surface area contributed by atoms with Gasteiger partial charge in [-0.2, -0.15) is 0 Å². The number of carbonyl (C=O) groups is 1. The predicted molar refractivity (Wildman–Crippen MR) is 71.6 cm³/mol. The maximum absolute atomic E-state index is 11.8. The molecule has 104 valence electrons. The number of amides is 1. The van der Waals surface area contributed by atoms with Crippen molar-refractivity contribution in [1.82, 2.24) is 4.90 Å². The van der Waals surface area contributed by atoms with Gasteiger partial charge in [0.1, 0.15) is 5.60 Å². The van der Waals surface area contributed by atoms with Crippen molar-refractivity contribution < 1.29 is 14.3 Å². The molecule has 0 radical (unpaired) electrons. The number of nitrogens with zero attached hydrogens (tertiary/aromatic N) is 1. The number of carbonyl (C=O) groups excluding carboxylic acids is 1. The maximum Gasteiger partial charge on any atom is 0.410 e. The Labute approximate surface area is 110 Å². The zero-order valence-electron chi connectivity index (χ0n) is 11.8. The topological polar surface area (TPSA) is 38.8 Å². The van der Waals surface area contributed by atoms with E-state index < -0.39 is 5.60 Å². The number of allylic oxidation sites excluding steroid dienone is 1. The van der Waals surface area contributed by atoms with Crippen molar-refractivity contribution in [2.24, 2.45) is 0 Å². The lowest BCUT2D eigenvalue weighted by atomic mass is 10.2. The first-order valence-electron chi connectivity index (χ1n) is 6.63. The van der Waals surface area contributed by atoms with Gasteiger partial charge >= 0.3 is 6.09 Å². The molecule has 0 aromatic heterocycles. The Hall–Kier alpha value is -1.03. The summed E-state index contributed by atoms with van der Waals surface area (Å²) in [7, 11) is 0. The number of rotatable bonds is 5. The van der Waals surface area contributed by atoms with Crippen LogP contribution in [0.2, 0.25) is 0 Å². The zero-order chi connectivity index (χ0) is 13.6. The molecular formula is C14H25NO3. The molecule has 0 aliphatic carbocycles. The SMILES string of the molecule is C=CCCCOC1CCN(C(=O)OC(C)(C)C)C1. The monoisotopic (exact) mass is 255 g/mol. The van der Waals surface area contributed by atoms with Gasteiger partial charge in [-0.3, -0.25) is 0 Å². The van der Waals surface area contributed by atoms with Crippen LogP contribution in [-0.2, 0) is 9.47 Å². The lowest BCUT2D eigenvalue weighted by Crippen LogP contribution is -2.36. The molecule has 1 aliphatic heterocycles. The quantitative estimate of drug-likeness (QED) is 0.560. The van der Waals surface area contributed by atoms with E-state index in [0.29, 0.717) is 6.54 Å². The van der Waals surface area contributed by atoms with Crippen LogP contribution < -0.4 is 0 Å². The van der Waals surface area contributed by atoms with Gasteiger partial charge in [-0.25, -0.2) is 4.79 Å². The van der Waals surface area contributed by atoms with Gasteiger partial charge in [0.2, 0.25) is 0 Å². The zero-order valence-corrected chi connectivity index (χ0v) is 11.8. The highest BCUT2D eigenvalue weighted by Crippen LogP contribution is 2.17. The van der Waals surface area contributed by atoms with Gasteiger partial charge in [0, 0.05) is 13.2 Å². The van der Waals surface area contributed by atoms with Crippen LogP contribution in [0.4, 0.5) is 4.79 Å². The number of hydrogen-bond donors (Lipinski definition) is 0. The molecule has 1 fully saturated rings. The average molecular weight is 255 g/mol. The van der Waals surface area contributed by atoms with Crippen LogP contribution in [-0.4, -0.2) is 42.4 Å². The summed E-state index contributed by atoms with van der Waals surface area (Å²) in [5.41, 5.74) is -0.431. The second-order valence-corrected chi connectivity index (χ2v) is 5.64. The molecule has 1 unspecified atom stereocenters. The Kier molecular flexibility index (Phi) is 5.66. The molecule has 1 amide bonds. The highest BCUT2D eigenvalue weighted by molar-refractivity contribution is 5.68. The maximum atomic E-state index is 11.8. The largest absolute Gasteiger partial charge is 0.444 e. The number of unbranched alkanes of at least 4 members (excludes halogenated alkanes) is 1. The lowest BCUT2D eigenvalue weighted by molar-refractivity contribution is 0.0209. The minimum atomic E-state index is -0.431. The van der Waals surface area contributed by atoms with Gasteiger partial charge in [0.25, 0.3) is 0 Å². The molecule has 0 aromatic carbocycles. The molecule has 18 heavy (non-hydrogen) atoms. The predicted octanol–water partition coefficient (Wildman–Crippen LogP) is 2.98. The van der Waals surface area contributed by atoms with Crippen molar-refractivity contribution in [2.45, 2.75) is 51.7 Å². The standard InChI is InChI=1S/C14H25NO3/c1-5-6-7-10-17-12-8-9-15(11-12)13(16)18-14(2,3)4/h5,12H,1,6-11H2,2-4H3. The van der Waals surface area contributed by atoms with Crippen molar-refractivity contribution >= 4 is 6.09 Å². The Bertz CT molecular complexity index is 283.